The van der Waals surface area contributed by atoms with Crippen LogP contribution < -0.4 is 0 Å². The van der Waals surface area contributed by atoms with Crippen molar-refractivity contribution in [3.63, 3.8) is 0 Å². The van der Waals surface area contributed by atoms with Gasteiger partial charge in [-0.1, -0.05) is 38.9 Å². The number of imidazole rings is 1. The molecule has 0 unspecified atom stereocenters. The lowest BCUT2D eigenvalue weighted by atomic mass is 10.1. The summed E-state index contributed by atoms with van der Waals surface area (Å²) in [6, 6.07) is 6.71. The molecule has 2 aromatic rings. The van der Waals surface area contributed by atoms with Gasteiger partial charge in [0.15, 0.2) is 0 Å². The molecule has 3 heteroatoms. The first-order valence-electron chi connectivity index (χ1n) is 5.55. The van der Waals surface area contributed by atoms with Crippen molar-refractivity contribution in [2.75, 3.05) is 0 Å². The Kier molecular flexibility index (Phi) is 2.70. The van der Waals surface area contributed by atoms with Gasteiger partial charge in [0, 0.05) is 9.13 Å². The number of aromatic amines is 1. The van der Waals surface area contributed by atoms with Crippen LogP contribution in [-0.4, -0.2) is 13.5 Å². The SMILES string of the molecule is CC1=Ic2ccc(-c3cnc(C)[nH]3)cc2C=C1. The van der Waals surface area contributed by atoms with Gasteiger partial charge in [0.2, 0.25) is 0 Å². The molecule has 1 aromatic carbocycles. The van der Waals surface area contributed by atoms with Crippen molar-refractivity contribution in [3.8, 4) is 11.3 Å². The van der Waals surface area contributed by atoms with Crippen molar-refractivity contribution in [3.05, 3.63) is 45.4 Å². The molecule has 0 bridgehead atoms. The molecule has 0 saturated carbocycles. The monoisotopic (exact) mass is 336 g/mol. The number of H-pyrrole nitrogens is 1. The lowest BCUT2D eigenvalue weighted by Crippen LogP contribution is -1.91. The predicted octanol–water partition coefficient (Wildman–Crippen LogP) is 3.74. The molecule has 3 rings (SSSR count). The lowest BCUT2D eigenvalue weighted by Gasteiger charge is -2.08. The summed E-state index contributed by atoms with van der Waals surface area (Å²) in [5.74, 6) is 0.963. The summed E-state index contributed by atoms with van der Waals surface area (Å²) in [7, 11) is 0. The number of aryl methyl sites for hydroxylation is 1. The largest absolute Gasteiger partial charge is 0.342 e. The summed E-state index contributed by atoms with van der Waals surface area (Å²) in [5.41, 5.74) is 3.69. The van der Waals surface area contributed by atoms with E-state index in [2.05, 4.69) is 47.2 Å². The number of hydrogen-bond donors (Lipinski definition) is 1. The molecule has 0 spiro atoms. The Bertz CT molecular complexity index is 635. The summed E-state index contributed by atoms with van der Waals surface area (Å²) >= 11 is 0.0586. The Balaban J connectivity index is 2.08. The summed E-state index contributed by atoms with van der Waals surface area (Å²) in [4.78, 5) is 7.52. The van der Waals surface area contributed by atoms with Crippen LogP contribution in [0, 0.1) is 10.5 Å². The number of rotatable bonds is 1. The van der Waals surface area contributed by atoms with Gasteiger partial charge in [-0.05, 0) is 35.1 Å². The number of hydrogen-bond acceptors (Lipinski definition) is 1. The lowest BCUT2D eigenvalue weighted by molar-refractivity contribution is 1.15. The summed E-state index contributed by atoms with van der Waals surface area (Å²) in [6.45, 7) is 4.20. The smallest absolute Gasteiger partial charge is 0.103 e. The Morgan fingerprint density at radius 3 is 2.82 bits per heavy atom. The van der Waals surface area contributed by atoms with E-state index in [-0.39, 0.29) is 20.7 Å². The molecule has 1 aromatic heterocycles. The van der Waals surface area contributed by atoms with Gasteiger partial charge in [0.25, 0.3) is 0 Å². The predicted molar refractivity (Wildman–Crippen MR) is 81.2 cm³/mol. The molecule has 86 valence electrons. The zero-order valence-electron chi connectivity index (χ0n) is 9.79. The number of halogens is 1. The second-order valence-corrected chi connectivity index (χ2v) is 7.54. The van der Waals surface area contributed by atoms with Crippen LogP contribution in [-0.2, 0) is 0 Å². The van der Waals surface area contributed by atoms with Crippen molar-refractivity contribution < 1.29 is 0 Å². The maximum Gasteiger partial charge on any atom is 0.103 e. The Labute approximate surface area is 111 Å². The Hall–Kier alpha value is -1.23. The molecule has 0 aliphatic carbocycles. The Morgan fingerprint density at radius 2 is 2.06 bits per heavy atom. The number of benzene rings is 1. The van der Waals surface area contributed by atoms with E-state index >= 15 is 0 Å². The van der Waals surface area contributed by atoms with Crippen LogP contribution in [0.4, 0.5) is 0 Å². The third-order valence-electron chi connectivity index (χ3n) is 2.75. The fourth-order valence-corrected chi connectivity index (χ4v) is 4.17. The molecule has 2 nitrogen and oxygen atoms in total. The van der Waals surface area contributed by atoms with Gasteiger partial charge in [0.1, 0.15) is 5.82 Å². The van der Waals surface area contributed by atoms with Gasteiger partial charge >= 0.3 is 0 Å². The first-order valence-corrected chi connectivity index (χ1v) is 7.70. The van der Waals surface area contributed by atoms with Crippen LogP contribution in [0.25, 0.3) is 17.3 Å². The zero-order valence-corrected chi connectivity index (χ0v) is 11.9. The number of nitrogens with zero attached hydrogens (tertiary/aromatic N) is 1. The fourth-order valence-electron chi connectivity index (χ4n) is 1.89. The van der Waals surface area contributed by atoms with Crippen LogP contribution in [0.15, 0.2) is 30.5 Å². The quantitative estimate of drug-likeness (QED) is 0.790. The van der Waals surface area contributed by atoms with Gasteiger partial charge in [0.05, 0.1) is 11.9 Å². The second kappa shape index (κ2) is 4.22. The number of aromatic nitrogens is 2. The molecule has 0 fully saturated rings. The van der Waals surface area contributed by atoms with Crippen LogP contribution >= 0.6 is 20.7 Å². The molecular formula is C14H13IN2. The average Bonchev–Trinajstić information content (AvgIpc) is 2.75. The minimum atomic E-state index is 0.0586. The van der Waals surface area contributed by atoms with Crippen LogP contribution in [0.5, 0.6) is 0 Å². The first kappa shape index (κ1) is 10.9. The van der Waals surface area contributed by atoms with Gasteiger partial charge in [-0.25, -0.2) is 4.98 Å². The zero-order chi connectivity index (χ0) is 11.8. The molecule has 1 aliphatic rings. The molecule has 1 N–H and O–H groups in total. The highest BCUT2D eigenvalue weighted by molar-refractivity contribution is 14.2. The molecule has 2 heterocycles. The highest BCUT2D eigenvalue weighted by Crippen LogP contribution is 2.28. The van der Waals surface area contributed by atoms with E-state index < -0.39 is 0 Å². The van der Waals surface area contributed by atoms with Crippen molar-refractivity contribution in [2.24, 2.45) is 0 Å². The Morgan fingerprint density at radius 1 is 1.18 bits per heavy atom. The van der Waals surface area contributed by atoms with E-state index in [1.807, 2.05) is 13.1 Å². The number of fused-ring (bicyclic) bond motifs is 1. The molecule has 1 aliphatic heterocycles. The molecular weight excluding hydrogens is 323 g/mol. The molecule has 17 heavy (non-hydrogen) atoms. The summed E-state index contributed by atoms with van der Waals surface area (Å²) in [5, 5.41) is 0. The van der Waals surface area contributed by atoms with E-state index in [0.717, 1.165) is 11.5 Å². The molecule has 0 atom stereocenters. The van der Waals surface area contributed by atoms with E-state index in [0.29, 0.717) is 0 Å². The third-order valence-corrected chi connectivity index (χ3v) is 5.53. The molecule has 0 radical (unpaired) electrons. The summed E-state index contributed by atoms with van der Waals surface area (Å²) in [6.07, 6.45) is 6.37. The number of nitrogens with one attached hydrogen (secondary N) is 1. The average molecular weight is 336 g/mol. The highest BCUT2D eigenvalue weighted by atomic mass is 127. The van der Waals surface area contributed by atoms with Gasteiger partial charge in [-0.2, -0.15) is 0 Å². The van der Waals surface area contributed by atoms with Crippen molar-refractivity contribution >= 4 is 30.3 Å². The third kappa shape index (κ3) is 2.11. The topological polar surface area (TPSA) is 28.7 Å². The van der Waals surface area contributed by atoms with Crippen molar-refractivity contribution in [2.45, 2.75) is 13.8 Å². The van der Waals surface area contributed by atoms with Crippen LogP contribution in [0.1, 0.15) is 18.3 Å². The van der Waals surface area contributed by atoms with Crippen LogP contribution in [0.2, 0.25) is 0 Å². The van der Waals surface area contributed by atoms with Gasteiger partial charge in [-0.15, -0.1) is 0 Å². The normalized spacial score (nSPS) is 13.9. The standard InChI is InChI=1S/C14H13IN2/c1-9-3-4-11-7-12(5-6-13(11)15-9)14-8-16-10(2)17-14/h3-8H,1-2H3,(H,16,17). The minimum Gasteiger partial charge on any atom is -0.342 e. The van der Waals surface area contributed by atoms with Crippen molar-refractivity contribution in [1.82, 2.24) is 9.97 Å². The maximum absolute atomic E-state index is 4.25. The minimum absolute atomic E-state index is 0.0586. The van der Waals surface area contributed by atoms with Crippen LogP contribution in [0.3, 0.4) is 0 Å². The summed E-state index contributed by atoms with van der Waals surface area (Å²) < 4.78 is 3.05. The van der Waals surface area contributed by atoms with E-state index in [1.165, 1.54) is 18.2 Å². The van der Waals surface area contributed by atoms with Gasteiger partial charge in [-0.3, -0.25) is 0 Å². The molecule has 0 amide bonds. The van der Waals surface area contributed by atoms with E-state index in [1.54, 1.807) is 0 Å². The maximum atomic E-state index is 4.25. The molecule has 0 saturated heterocycles. The second-order valence-electron chi connectivity index (χ2n) is 4.13. The van der Waals surface area contributed by atoms with Gasteiger partial charge < -0.3 is 4.98 Å². The number of allylic oxidation sites excluding steroid dienone is 1. The highest BCUT2D eigenvalue weighted by Gasteiger charge is 2.07. The fraction of sp³-hybridized carbons (Fsp3) is 0.143. The van der Waals surface area contributed by atoms with E-state index in [9.17, 15) is 0 Å². The van der Waals surface area contributed by atoms with Crippen molar-refractivity contribution in [1.29, 1.82) is 0 Å². The first-order chi connectivity index (χ1) is 8.22. The van der Waals surface area contributed by atoms with E-state index in [4.69, 9.17) is 0 Å².